The van der Waals surface area contributed by atoms with Crippen LogP contribution in [0.4, 0.5) is 0 Å². The summed E-state index contributed by atoms with van der Waals surface area (Å²) < 4.78 is 0. The highest BCUT2D eigenvalue weighted by molar-refractivity contribution is 7.98. The normalized spacial score (nSPS) is 12.8. The maximum Gasteiger partial charge on any atom is 0.0595 e. The minimum Gasteiger partial charge on any atom is -0.393 e. The number of thioether (sulfide) groups is 1. The SMILES string of the molecule is CSCCC(O)Cc1ccc(Cl)c(Cl)c1. The van der Waals surface area contributed by atoms with E-state index in [-0.39, 0.29) is 6.10 Å². The molecule has 0 radical (unpaired) electrons. The van der Waals surface area contributed by atoms with Gasteiger partial charge in [0.25, 0.3) is 0 Å². The van der Waals surface area contributed by atoms with Gasteiger partial charge in [0.2, 0.25) is 0 Å². The van der Waals surface area contributed by atoms with Gasteiger partial charge in [-0.2, -0.15) is 11.8 Å². The zero-order valence-corrected chi connectivity index (χ0v) is 10.9. The van der Waals surface area contributed by atoms with Crippen LogP contribution in [0, 0.1) is 0 Å². The van der Waals surface area contributed by atoms with E-state index in [1.54, 1.807) is 17.8 Å². The molecule has 0 amide bonds. The lowest BCUT2D eigenvalue weighted by molar-refractivity contribution is 0.172. The summed E-state index contributed by atoms with van der Waals surface area (Å²) in [5, 5.41) is 10.8. The molecule has 4 heteroatoms. The molecule has 1 N–H and O–H groups in total. The summed E-state index contributed by atoms with van der Waals surface area (Å²) in [7, 11) is 0. The molecule has 15 heavy (non-hydrogen) atoms. The van der Waals surface area contributed by atoms with Gasteiger partial charge in [0.05, 0.1) is 16.1 Å². The molecule has 0 saturated heterocycles. The Labute approximate surface area is 105 Å². The van der Waals surface area contributed by atoms with Gasteiger partial charge in [-0.25, -0.2) is 0 Å². The van der Waals surface area contributed by atoms with Crippen molar-refractivity contribution in [3.63, 3.8) is 0 Å². The van der Waals surface area contributed by atoms with E-state index in [1.807, 2.05) is 18.4 Å². The summed E-state index contributed by atoms with van der Waals surface area (Å²) in [6.07, 6.45) is 3.18. The van der Waals surface area contributed by atoms with Crippen molar-refractivity contribution in [1.82, 2.24) is 0 Å². The molecule has 84 valence electrons. The number of aliphatic hydroxyl groups excluding tert-OH is 1. The maximum absolute atomic E-state index is 9.70. The van der Waals surface area contributed by atoms with Gasteiger partial charge in [-0.1, -0.05) is 29.3 Å². The van der Waals surface area contributed by atoms with Crippen LogP contribution in [0.1, 0.15) is 12.0 Å². The Kier molecular flexibility index (Phi) is 5.83. The van der Waals surface area contributed by atoms with E-state index in [0.717, 1.165) is 17.7 Å². The third-order valence-electron chi connectivity index (χ3n) is 2.11. The van der Waals surface area contributed by atoms with Crippen molar-refractivity contribution in [2.24, 2.45) is 0 Å². The first-order chi connectivity index (χ1) is 7.13. The highest BCUT2D eigenvalue weighted by Crippen LogP contribution is 2.23. The van der Waals surface area contributed by atoms with Gasteiger partial charge in [0.1, 0.15) is 0 Å². The average Bonchev–Trinajstić information content (AvgIpc) is 2.20. The molecule has 1 unspecified atom stereocenters. The molecule has 0 fully saturated rings. The number of rotatable bonds is 5. The van der Waals surface area contributed by atoms with Crippen LogP contribution in [0.15, 0.2) is 18.2 Å². The van der Waals surface area contributed by atoms with Gasteiger partial charge in [0, 0.05) is 0 Å². The van der Waals surface area contributed by atoms with E-state index in [9.17, 15) is 5.11 Å². The summed E-state index contributed by atoms with van der Waals surface area (Å²) in [4.78, 5) is 0. The third kappa shape index (κ3) is 4.64. The minimum absolute atomic E-state index is 0.297. The van der Waals surface area contributed by atoms with Crippen molar-refractivity contribution in [1.29, 1.82) is 0 Å². The molecular weight excluding hydrogens is 251 g/mol. The van der Waals surface area contributed by atoms with E-state index in [2.05, 4.69) is 0 Å². The number of benzene rings is 1. The van der Waals surface area contributed by atoms with Crippen LogP contribution >= 0.6 is 35.0 Å². The molecular formula is C11H14Cl2OS. The second-order valence-electron chi connectivity index (χ2n) is 3.39. The monoisotopic (exact) mass is 264 g/mol. The van der Waals surface area contributed by atoms with Gasteiger partial charge >= 0.3 is 0 Å². The van der Waals surface area contributed by atoms with Gasteiger partial charge in [-0.05, 0) is 42.5 Å². The van der Waals surface area contributed by atoms with Crippen molar-refractivity contribution in [2.75, 3.05) is 12.0 Å². The third-order valence-corrected chi connectivity index (χ3v) is 3.49. The molecule has 0 spiro atoms. The topological polar surface area (TPSA) is 20.2 Å². The van der Waals surface area contributed by atoms with E-state index < -0.39 is 0 Å². The second kappa shape index (κ2) is 6.64. The van der Waals surface area contributed by atoms with Crippen LogP contribution in [-0.2, 0) is 6.42 Å². The molecule has 0 aliphatic heterocycles. The molecule has 0 saturated carbocycles. The van der Waals surface area contributed by atoms with Crippen molar-refractivity contribution in [3.8, 4) is 0 Å². The predicted molar refractivity (Wildman–Crippen MR) is 69.2 cm³/mol. The molecule has 0 heterocycles. The fourth-order valence-corrected chi connectivity index (χ4v) is 2.12. The molecule has 1 aromatic rings. The number of aliphatic hydroxyl groups is 1. The fraction of sp³-hybridized carbons (Fsp3) is 0.455. The lowest BCUT2D eigenvalue weighted by Gasteiger charge is -2.10. The van der Waals surface area contributed by atoms with Crippen LogP contribution in [0.2, 0.25) is 10.0 Å². The molecule has 0 bridgehead atoms. The minimum atomic E-state index is -0.297. The van der Waals surface area contributed by atoms with Gasteiger partial charge in [-0.3, -0.25) is 0 Å². The van der Waals surface area contributed by atoms with Crippen LogP contribution in [0.5, 0.6) is 0 Å². The smallest absolute Gasteiger partial charge is 0.0595 e. The van der Waals surface area contributed by atoms with E-state index >= 15 is 0 Å². The first-order valence-corrected chi connectivity index (χ1v) is 6.89. The Morgan fingerprint density at radius 1 is 1.33 bits per heavy atom. The van der Waals surface area contributed by atoms with Gasteiger partial charge in [-0.15, -0.1) is 0 Å². The Hall–Kier alpha value is 0.110. The number of halogens is 2. The van der Waals surface area contributed by atoms with E-state index in [4.69, 9.17) is 23.2 Å². The summed E-state index contributed by atoms with van der Waals surface area (Å²) in [6.45, 7) is 0. The van der Waals surface area contributed by atoms with E-state index in [0.29, 0.717) is 16.5 Å². The predicted octanol–water partition coefficient (Wildman–Crippen LogP) is 3.65. The Balaban J connectivity index is 2.53. The molecule has 0 aliphatic carbocycles. The van der Waals surface area contributed by atoms with Crippen molar-refractivity contribution in [3.05, 3.63) is 33.8 Å². The molecule has 1 nitrogen and oxygen atoms in total. The second-order valence-corrected chi connectivity index (χ2v) is 5.19. The van der Waals surface area contributed by atoms with E-state index in [1.165, 1.54) is 0 Å². The quantitative estimate of drug-likeness (QED) is 0.876. The fourth-order valence-electron chi connectivity index (χ4n) is 1.29. The average molecular weight is 265 g/mol. The highest BCUT2D eigenvalue weighted by atomic mass is 35.5. The summed E-state index contributed by atoms with van der Waals surface area (Å²) >= 11 is 13.4. The van der Waals surface area contributed by atoms with Crippen LogP contribution in [0.25, 0.3) is 0 Å². The Morgan fingerprint density at radius 3 is 2.67 bits per heavy atom. The van der Waals surface area contributed by atoms with Crippen LogP contribution < -0.4 is 0 Å². The standard InChI is InChI=1S/C11H14Cl2OS/c1-15-5-4-9(14)6-8-2-3-10(12)11(13)7-8/h2-3,7,9,14H,4-6H2,1H3. The summed E-state index contributed by atoms with van der Waals surface area (Å²) in [5.74, 6) is 0.975. The summed E-state index contributed by atoms with van der Waals surface area (Å²) in [5.41, 5.74) is 1.03. The van der Waals surface area contributed by atoms with Crippen molar-refractivity contribution in [2.45, 2.75) is 18.9 Å². The molecule has 0 aliphatic rings. The molecule has 1 rings (SSSR count). The van der Waals surface area contributed by atoms with Gasteiger partial charge < -0.3 is 5.11 Å². The van der Waals surface area contributed by atoms with Crippen molar-refractivity contribution < 1.29 is 5.11 Å². The molecule has 1 aromatic carbocycles. The van der Waals surface area contributed by atoms with Crippen LogP contribution in [-0.4, -0.2) is 23.2 Å². The zero-order chi connectivity index (χ0) is 11.3. The largest absolute Gasteiger partial charge is 0.393 e. The zero-order valence-electron chi connectivity index (χ0n) is 8.54. The van der Waals surface area contributed by atoms with Crippen LogP contribution in [0.3, 0.4) is 0 Å². The maximum atomic E-state index is 9.70. The highest BCUT2D eigenvalue weighted by Gasteiger charge is 2.06. The Morgan fingerprint density at radius 2 is 2.07 bits per heavy atom. The Bertz CT molecular complexity index is 317. The molecule has 0 aromatic heterocycles. The first-order valence-electron chi connectivity index (χ1n) is 4.74. The summed E-state index contributed by atoms with van der Waals surface area (Å²) in [6, 6.07) is 5.48. The number of hydrogen-bond acceptors (Lipinski definition) is 2. The number of hydrogen-bond donors (Lipinski definition) is 1. The van der Waals surface area contributed by atoms with Gasteiger partial charge in [0.15, 0.2) is 0 Å². The lowest BCUT2D eigenvalue weighted by atomic mass is 10.1. The first kappa shape index (κ1) is 13.2. The van der Waals surface area contributed by atoms with Crippen molar-refractivity contribution >= 4 is 35.0 Å². The lowest BCUT2D eigenvalue weighted by Crippen LogP contribution is -2.11. The molecule has 1 atom stereocenters.